The average Bonchev–Trinajstić information content (AvgIpc) is 3.13. The van der Waals surface area contributed by atoms with Crippen LogP contribution in [0.4, 0.5) is 0 Å². The summed E-state index contributed by atoms with van der Waals surface area (Å²) in [6.07, 6.45) is 8.88. The summed E-state index contributed by atoms with van der Waals surface area (Å²) in [5.41, 5.74) is 1.65. The number of rotatable bonds is 4. The van der Waals surface area contributed by atoms with Crippen LogP contribution in [-0.4, -0.2) is 64.6 Å². The van der Waals surface area contributed by atoms with E-state index in [2.05, 4.69) is 0 Å². The molecule has 0 spiro atoms. The fourth-order valence-corrected chi connectivity index (χ4v) is 4.83. The third-order valence-electron chi connectivity index (χ3n) is 6.57. The molecule has 1 aliphatic carbocycles. The molecule has 0 atom stereocenters. The molecule has 2 aliphatic heterocycles. The minimum atomic E-state index is -0.395. The van der Waals surface area contributed by atoms with Crippen LogP contribution in [0.15, 0.2) is 24.3 Å². The highest BCUT2D eigenvalue weighted by Crippen LogP contribution is 2.25. The summed E-state index contributed by atoms with van der Waals surface area (Å²) in [7, 11) is 0. The van der Waals surface area contributed by atoms with E-state index < -0.39 is 5.91 Å². The normalized spacial score (nSPS) is 21.6. The topological polar surface area (TPSA) is 60.9 Å². The van der Waals surface area contributed by atoms with E-state index in [9.17, 15) is 14.4 Å². The quantitative estimate of drug-likeness (QED) is 0.734. The maximum absolute atomic E-state index is 12.7. The largest absolute Gasteiger partial charge is 0.339 e. The first kappa shape index (κ1) is 19.9. The molecule has 6 nitrogen and oxygen atoms in total. The van der Waals surface area contributed by atoms with Crippen molar-refractivity contribution in [3.05, 3.63) is 35.4 Å². The first-order chi connectivity index (χ1) is 14.1. The molecular formula is C23H31N3O3. The minimum absolute atomic E-state index is 0.0925. The molecule has 1 aromatic carbocycles. The highest BCUT2D eigenvalue weighted by Gasteiger charge is 2.37. The van der Waals surface area contributed by atoms with Crippen LogP contribution in [-0.2, 0) is 16.1 Å². The molecule has 0 aromatic heterocycles. The van der Waals surface area contributed by atoms with Crippen LogP contribution in [0, 0.1) is 0 Å². The summed E-state index contributed by atoms with van der Waals surface area (Å²) in [5, 5.41) is 0. The maximum Gasteiger partial charge on any atom is 0.312 e. The minimum Gasteiger partial charge on any atom is -0.339 e. The van der Waals surface area contributed by atoms with E-state index in [-0.39, 0.29) is 17.9 Å². The number of amides is 3. The molecule has 0 bridgehead atoms. The van der Waals surface area contributed by atoms with Crippen LogP contribution in [0.1, 0.15) is 67.3 Å². The molecule has 3 amide bonds. The lowest BCUT2D eigenvalue weighted by Crippen LogP contribution is -2.56. The van der Waals surface area contributed by atoms with Crippen molar-refractivity contribution in [2.24, 2.45) is 0 Å². The summed E-state index contributed by atoms with van der Waals surface area (Å²) < 4.78 is 0. The van der Waals surface area contributed by atoms with Gasteiger partial charge in [-0.05, 0) is 43.4 Å². The molecule has 4 rings (SSSR count). The molecule has 0 unspecified atom stereocenters. The van der Waals surface area contributed by atoms with Crippen molar-refractivity contribution in [1.82, 2.24) is 14.7 Å². The lowest BCUT2D eigenvalue weighted by atomic mass is 10.1. The van der Waals surface area contributed by atoms with Crippen molar-refractivity contribution in [3.8, 4) is 0 Å². The molecule has 3 aliphatic rings. The lowest BCUT2D eigenvalue weighted by Gasteiger charge is -2.37. The van der Waals surface area contributed by atoms with E-state index >= 15 is 0 Å². The van der Waals surface area contributed by atoms with E-state index in [0.29, 0.717) is 25.2 Å². The summed E-state index contributed by atoms with van der Waals surface area (Å²) in [4.78, 5) is 43.2. The number of benzene rings is 1. The Labute approximate surface area is 172 Å². The van der Waals surface area contributed by atoms with Gasteiger partial charge < -0.3 is 14.7 Å². The number of hydrogen-bond acceptors (Lipinski definition) is 3. The van der Waals surface area contributed by atoms with Gasteiger partial charge in [0.25, 0.3) is 5.91 Å². The van der Waals surface area contributed by atoms with Crippen LogP contribution in [0.5, 0.6) is 0 Å². The number of carbonyl (C=O) groups is 3. The molecule has 2 saturated heterocycles. The molecule has 29 heavy (non-hydrogen) atoms. The van der Waals surface area contributed by atoms with Crippen molar-refractivity contribution in [3.63, 3.8) is 0 Å². The van der Waals surface area contributed by atoms with Gasteiger partial charge in [0.05, 0.1) is 0 Å². The predicted molar refractivity (Wildman–Crippen MR) is 110 cm³/mol. The number of likely N-dealkylation sites (tertiary alicyclic amines) is 1. The fraction of sp³-hybridized carbons (Fsp3) is 0.609. The fourth-order valence-electron chi connectivity index (χ4n) is 4.83. The smallest absolute Gasteiger partial charge is 0.312 e. The first-order valence-electron chi connectivity index (χ1n) is 11.1. The third kappa shape index (κ3) is 4.46. The van der Waals surface area contributed by atoms with Gasteiger partial charge in [-0.3, -0.25) is 14.4 Å². The molecule has 0 N–H and O–H groups in total. The molecule has 0 radical (unpaired) electrons. The Hall–Kier alpha value is -2.37. The van der Waals surface area contributed by atoms with Crippen LogP contribution < -0.4 is 0 Å². The van der Waals surface area contributed by atoms with Gasteiger partial charge in [-0.15, -0.1) is 0 Å². The number of nitrogens with zero attached hydrogens (tertiary/aromatic N) is 3. The second-order valence-electron chi connectivity index (χ2n) is 8.57. The molecule has 1 aromatic rings. The Morgan fingerprint density at radius 2 is 1.45 bits per heavy atom. The monoisotopic (exact) mass is 397 g/mol. The number of carbonyl (C=O) groups excluding carboxylic acids is 3. The van der Waals surface area contributed by atoms with Crippen molar-refractivity contribution >= 4 is 17.7 Å². The molecule has 3 fully saturated rings. The van der Waals surface area contributed by atoms with Crippen molar-refractivity contribution in [1.29, 1.82) is 0 Å². The van der Waals surface area contributed by atoms with Crippen LogP contribution in [0.3, 0.4) is 0 Å². The van der Waals surface area contributed by atoms with E-state index in [1.165, 1.54) is 12.8 Å². The molecule has 6 heteroatoms. The highest BCUT2D eigenvalue weighted by atomic mass is 16.2. The van der Waals surface area contributed by atoms with Crippen LogP contribution >= 0.6 is 0 Å². The van der Waals surface area contributed by atoms with Gasteiger partial charge in [0, 0.05) is 44.3 Å². The Bertz CT molecular complexity index is 747. The Kier molecular flexibility index (Phi) is 6.16. The van der Waals surface area contributed by atoms with Gasteiger partial charge in [-0.1, -0.05) is 37.8 Å². The van der Waals surface area contributed by atoms with E-state index in [1.54, 1.807) is 9.80 Å². The Balaban J connectivity index is 1.35. The number of hydrogen-bond donors (Lipinski definition) is 0. The summed E-state index contributed by atoms with van der Waals surface area (Å²) in [5.74, 6) is -0.654. The van der Waals surface area contributed by atoms with Gasteiger partial charge in [0.2, 0.25) is 0 Å². The molecule has 156 valence electrons. The lowest BCUT2D eigenvalue weighted by molar-refractivity contribution is -0.158. The average molecular weight is 398 g/mol. The summed E-state index contributed by atoms with van der Waals surface area (Å²) >= 11 is 0. The van der Waals surface area contributed by atoms with E-state index in [1.807, 2.05) is 29.2 Å². The van der Waals surface area contributed by atoms with Crippen molar-refractivity contribution < 1.29 is 14.4 Å². The van der Waals surface area contributed by atoms with Gasteiger partial charge in [-0.25, -0.2) is 0 Å². The predicted octanol–water partition coefficient (Wildman–Crippen LogP) is 2.82. The van der Waals surface area contributed by atoms with Crippen molar-refractivity contribution in [2.75, 3.05) is 26.2 Å². The van der Waals surface area contributed by atoms with Gasteiger partial charge in [0.15, 0.2) is 0 Å². The van der Waals surface area contributed by atoms with E-state index in [4.69, 9.17) is 0 Å². The third-order valence-corrected chi connectivity index (χ3v) is 6.57. The second-order valence-corrected chi connectivity index (χ2v) is 8.57. The zero-order valence-electron chi connectivity index (χ0n) is 17.1. The molecular weight excluding hydrogens is 366 g/mol. The Morgan fingerprint density at radius 3 is 2.10 bits per heavy atom. The molecule has 2 heterocycles. The van der Waals surface area contributed by atoms with E-state index in [0.717, 1.165) is 57.2 Å². The van der Waals surface area contributed by atoms with Crippen LogP contribution in [0.2, 0.25) is 0 Å². The standard InChI is InChI=1S/C23H31N3O3/c27-21(24-13-5-1-2-6-14-24)19-11-9-18(10-12-19)17-25-15-16-26(23(29)22(25)28)20-7-3-4-8-20/h9-12,20H,1-8,13-17H2. The first-order valence-corrected chi connectivity index (χ1v) is 11.1. The summed E-state index contributed by atoms with van der Waals surface area (Å²) in [6, 6.07) is 7.77. The zero-order valence-corrected chi connectivity index (χ0v) is 17.1. The van der Waals surface area contributed by atoms with Gasteiger partial charge >= 0.3 is 11.8 Å². The number of piperazine rings is 1. The van der Waals surface area contributed by atoms with Crippen LogP contribution in [0.25, 0.3) is 0 Å². The maximum atomic E-state index is 12.7. The SMILES string of the molecule is O=C1C(=O)N(C2CCCC2)CCN1Cc1ccc(C(=O)N2CCCCCC2)cc1. The van der Waals surface area contributed by atoms with Gasteiger partial charge in [-0.2, -0.15) is 0 Å². The highest BCUT2D eigenvalue weighted by molar-refractivity contribution is 6.35. The van der Waals surface area contributed by atoms with Gasteiger partial charge in [0.1, 0.15) is 0 Å². The second kappa shape index (κ2) is 8.97. The summed E-state index contributed by atoms with van der Waals surface area (Å²) in [6.45, 7) is 3.29. The Morgan fingerprint density at radius 1 is 0.793 bits per heavy atom. The molecule has 1 saturated carbocycles. The zero-order chi connectivity index (χ0) is 20.2. The van der Waals surface area contributed by atoms with Crippen molar-refractivity contribution in [2.45, 2.75) is 64.0 Å².